The van der Waals surface area contributed by atoms with Crippen LogP contribution in [0.4, 0.5) is 0 Å². The maximum Gasteiger partial charge on any atom is 0.330 e. The summed E-state index contributed by atoms with van der Waals surface area (Å²) in [7, 11) is 2.82. The van der Waals surface area contributed by atoms with Gasteiger partial charge in [-0.05, 0) is 44.3 Å². The van der Waals surface area contributed by atoms with Crippen LogP contribution in [0.3, 0.4) is 0 Å². The first kappa shape index (κ1) is 16.9. The number of methoxy groups -OCH3 is 1. The Hall–Kier alpha value is -2.48. The molecule has 1 aromatic heterocycles. The Labute approximate surface area is 137 Å². The average Bonchev–Trinajstić information content (AvgIpc) is 2.50. The van der Waals surface area contributed by atoms with Gasteiger partial charge in [0.25, 0.3) is 11.5 Å². The first-order valence-corrected chi connectivity index (χ1v) is 7.22. The minimum atomic E-state index is -1.17. The molecule has 122 valence electrons. The highest BCUT2D eigenvalue weighted by molar-refractivity contribution is 7.71. The van der Waals surface area contributed by atoms with E-state index in [1.165, 1.54) is 23.8 Å². The van der Waals surface area contributed by atoms with Gasteiger partial charge in [-0.3, -0.25) is 14.2 Å². The van der Waals surface area contributed by atoms with Crippen LogP contribution in [0.5, 0.6) is 0 Å². The van der Waals surface area contributed by atoms with Gasteiger partial charge in [-0.2, -0.15) is 0 Å². The summed E-state index contributed by atoms with van der Waals surface area (Å²) in [6, 6.07) is 4.58. The highest BCUT2D eigenvalue weighted by Gasteiger charge is 2.30. The number of H-pyrrole nitrogens is 1. The monoisotopic (exact) mass is 335 g/mol. The Bertz CT molecular complexity index is 911. The molecule has 0 saturated carbocycles. The molecule has 0 radical (unpaired) electrons. The molecule has 0 unspecified atom stereocenters. The van der Waals surface area contributed by atoms with Crippen LogP contribution in [0.1, 0.15) is 24.2 Å². The molecule has 0 fully saturated rings. The molecule has 0 aliphatic rings. The van der Waals surface area contributed by atoms with E-state index in [1.807, 2.05) is 0 Å². The Balaban J connectivity index is 2.44. The summed E-state index contributed by atoms with van der Waals surface area (Å²) in [6.45, 7) is 3.09. The SMILES string of the molecule is COC(=O)C(C)(C)NC(=O)c1ccc2c(=O)n(C)c(=S)[nH]c2c1. The summed E-state index contributed by atoms with van der Waals surface area (Å²) in [5.74, 6) is -1.01. The van der Waals surface area contributed by atoms with Crippen LogP contribution in [0, 0.1) is 4.77 Å². The standard InChI is InChI=1S/C15H17N3O4S/c1-15(2,13(21)22-4)17-11(19)8-5-6-9-10(7-8)16-14(23)18(3)12(9)20/h5-7H,1-4H3,(H,16,23)(H,17,19). The second-order valence-electron chi connectivity index (χ2n) is 5.63. The molecular weight excluding hydrogens is 318 g/mol. The summed E-state index contributed by atoms with van der Waals surface area (Å²) in [5, 5.41) is 3.01. The van der Waals surface area contributed by atoms with Crippen LogP contribution in [0.15, 0.2) is 23.0 Å². The predicted molar refractivity (Wildman–Crippen MR) is 87.9 cm³/mol. The molecule has 2 rings (SSSR count). The first-order valence-electron chi connectivity index (χ1n) is 6.81. The van der Waals surface area contributed by atoms with Gasteiger partial charge in [0.1, 0.15) is 5.54 Å². The average molecular weight is 335 g/mol. The summed E-state index contributed by atoms with van der Waals surface area (Å²) in [5.41, 5.74) is -0.652. The van der Waals surface area contributed by atoms with Gasteiger partial charge >= 0.3 is 5.97 Å². The number of nitrogens with one attached hydrogen (secondary N) is 2. The van der Waals surface area contributed by atoms with E-state index < -0.39 is 17.4 Å². The van der Waals surface area contributed by atoms with Crippen LogP contribution in [-0.4, -0.2) is 34.1 Å². The molecule has 2 aromatic rings. The lowest BCUT2D eigenvalue weighted by Crippen LogP contribution is -2.50. The van der Waals surface area contributed by atoms with E-state index in [-0.39, 0.29) is 10.3 Å². The van der Waals surface area contributed by atoms with Gasteiger partial charge in [0.05, 0.1) is 18.0 Å². The van der Waals surface area contributed by atoms with Crippen molar-refractivity contribution < 1.29 is 14.3 Å². The second kappa shape index (κ2) is 5.96. The van der Waals surface area contributed by atoms with Crippen LogP contribution in [0.25, 0.3) is 10.9 Å². The van der Waals surface area contributed by atoms with Gasteiger partial charge in [0.15, 0.2) is 4.77 Å². The van der Waals surface area contributed by atoms with Gasteiger partial charge < -0.3 is 15.0 Å². The van der Waals surface area contributed by atoms with Gasteiger partial charge in [-0.1, -0.05) is 0 Å². The molecule has 1 aromatic carbocycles. The number of hydrogen-bond acceptors (Lipinski definition) is 5. The van der Waals surface area contributed by atoms with Crippen LogP contribution in [0.2, 0.25) is 0 Å². The Kier molecular flexibility index (Phi) is 4.37. The predicted octanol–water partition coefficient (Wildman–Crippen LogP) is 1.28. The van der Waals surface area contributed by atoms with Crippen LogP contribution >= 0.6 is 12.2 Å². The Morgan fingerprint density at radius 1 is 1.35 bits per heavy atom. The third-order valence-corrected chi connectivity index (χ3v) is 3.86. The minimum absolute atomic E-state index is 0.245. The zero-order valence-corrected chi connectivity index (χ0v) is 14.0. The van der Waals surface area contributed by atoms with Crippen molar-refractivity contribution in [3.8, 4) is 0 Å². The Morgan fingerprint density at radius 2 is 2.00 bits per heavy atom. The molecule has 0 aliphatic heterocycles. The number of carbonyl (C=O) groups is 2. The van der Waals surface area contributed by atoms with E-state index in [9.17, 15) is 14.4 Å². The lowest BCUT2D eigenvalue weighted by molar-refractivity contribution is -0.146. The lowest BCUT2D eigenvalue weighted by Gasteiger charge is -2.23. The van der Waals surface area contributed by atoms with Crippen LogP contribution in [-0.2, 0) is 16.6 Å². The van der Waals surface area contributed by atoms with Crippen molar-refractivity contribution in [3.05, 3.63) is 38.9 Å². The second-order valence-corrected chi connectivity index (χ2v) is 6.01. The minimum Gasteiger partial charge on any atom is -0.467 e. The highest BCUT2D eigenvalue weighted by atomic mass is 32.1. The Morgan fingerprint density at radius 3 is 2.61 bits per heavy atom. The van der Waals surface area contributed by atoms with Crippen LogP contribution < -0.4 is 10.9 Å². The smallest absolute Gasteiger partial charge is 0.330 e. The summed E-state index contributed by atoms with van der Waals surface area (Å²) in [4.78, 5) is 39.0. The molecule has 0 bridgehead atoms. The van der Waals surface area contributed by atoms with Crippen molar-refractivity contribution in [3.63, 3.8) is 0 Å². The van der Waals surface area contributed by atoms with Crippen molar-refractivity contribution in [1.82, 2.24) is 14.9 Å². The fraction of sp³-hybridized carbons (Fsp3) is 0.333. The van der Waals surface area contributed by atoms with E-state index in [2.05, 4.69) is 15.0 Å². The molecule has 7 nitrogen and oxygen atoms in total. The van der Waals surface area contributed by atoms with Crippen molar-refractivity contribution in [1.29, 1.82) is 0 Å². The first-order chi connectivity index (χ1) is 10.7. The molecule has 2 N–H and O–H groups in total. The van der Waals surface area contributed by atoms with Crippen molar-refractivity contribution in [2.24, 2.45) is 7.05 Å². The van der Waals surface area contributed by atoms with E-state index >= 15 is 0 Å². The summed E-state index contributed by atoms with van der Waals surface area (Å²) >= 11 is 5.06. The number of aromatic nitrogens is 2. The van der Waals surface area contributed by atoms with Gasteiger partial charge in [-0.25, -0.2) is 4.79 Å². The van der Waals surface area contributed by atoms with Gasteiger partial charge in [-0.15, -0.1) is 0 Å². The van der Waals surface area contributed by atoms with E-state index in [0.717, 1.165) is 0 Å². The van der Waals surface area contributed by atoms with E-state index in [1.54, 1.807) is 27.0 Å². The highest BCUT2D eigenvalue weighted by Crippen LogP contribution is 2.12. The van der Waals surface area contributed by atoms with E-state index in [4.69, 9.17) is 12.2 Å². The molecule has 8 heteroatoms. The third kappa shape index (κ3) is 3.16. The lowest BCUT2D eigenvalue weighted by atomic mass is 10.0. The van der Waals surface area contributed by atoms with Crippen molar-refractivity contribution >= 4 is 35.0 Å². The van der Waals surface area contributed by atoms with Gasteiger partial charge in [0.2, 0.25) is 0 Å². The zero-order valence-electron chi connectivity index (χ0n) is 13.2. The largest absolute Gasteiger partial charge is 0.467 e. The molecule has 0 spiro atoms. The number of fused-ring (bicyclic) bond motifs is 1. The maximum absolute atomic E-state index is 12.3. The molecular formula is C15H17N3O4S. The topological polar surface area (TPSA) is 93.2 Å². The summed E-state index contributed by atoms with van der Waals surface area (Å²) in [6.07, 6.45) is 0. The number of hydrogen-bond donors (Lipinski definition) is 2. The number of ether oxygens (including phenoxy) is 1. The fourth-order valence-corrected chi connectivity index (χ4v) is 2.30. The normalized spacial score (nSPS) is 11.3. The zero-order chi connectivity index (χ0) is 17.4. The fourth-order valence-electron chi connectivity index (χ4n) is 2.11. The number of aromatic amines is 1. The third-order valence-electron chi connectivity index (χ3n) is 3.48. The number of esters is 1. The molecule has 1 heterocycles. The number of amides is 1. The molecule has 1 amide bonds. The number of benzene rings is 1. The molecule has 0 saturated heterocycles. The number of nitrogens with zero attached hydrogens (tertiary/aromatic N) is 1. The van der Waals surface area contributed by atoms with Crippen molar-refractivity contribution in [2.45, 2.75) is 19.4 Å². The number of carbonyl (C=O) groups excluding carboxylic acids is 2. The molecule has 23 heavy (non-hydrogen) atoms. The quantitative estimate of drug-likeness (QED) is 0.651. The van der Waals surface area contributed by atoms with Gasteiger partial charge in [0, 0.05) is 12.6 Å². The molecule has 0 atom stereocenters. The summed E-state index contributed by atoms with van der Waals surface area (Å²) < 4.78 is 6.23. The number of rotatable bonds is 3. The van der Waals surface area contributed by atoms with Crippen molar-refractivity contribution in [2.75, 3.05) is 7.11 Å². The maximum atomic E-state index is 12.3. The molecule has 0 aliphatic carbocycles. The van der Waals surface area contributed by atoms with E-state index in [0.29, 0.717) is 16.5 Å².